The molecule has 1 N–H and O–H groups in total. The third-order valence-electron chi connectivity index (χ3n) is 3.69. The van der Waals surface area contributed by atoms with Crippen molar-refractivity contribution in [2.45, 2.75) is 45.2 Å². The summed E-state index contributed by atoms with van der Waals surface area (Å²) in [5, 5.41) is 7.57. The summed E-state index contributed by atoms with van der Waals surface area (Å²) in [5.41, 5.74) is 0.231. The second-order valence-corrected chi connectivity index (χ2v) is 5.62. The Morgan fingerprint density at radius 2 is 2.33 bits per heavy atom. The zero-order valence-electron chi connectivity index (χ0n) is 12.4. The fraction of sp³-hybridized carbons (Fsp3) is 0.714. The van der Waals surface area contributed by atoms with Crippen LogP contribution in [0.25, 0.3) is 0 Å². The number of aromatic nitrogens is 2. The van der Waals surface area contributed by atoms with Gasteiger partial charge in [-0.3, -0.25) is 9.48 Å². The Morgan fingerprint density at radius 1 is 1.57 bits per heavy atom. The number of nitrogens with zero attached hydrogens (tertiary/aromatic N) is 3. The summed E-state index contributed by atoms with van der Waals surface area (Å²) >= 11 is 0. The maximum absolute atomic E-state index is 12.6. The number of amides is 1. The predicted molar refractivity (Wildman–Crippen MR) is 75.5 cm³/mol. The van der Waals surface area contributed by atoms with E-state index in [2.05, 4.69) is 10.4 Å². The van der Waals surface area contributed by atoms with Gasteiger partial charge in [0.15, 0.2) is 0 Å². The number of halogens is 2. The number of carbonyl (C=O) groups is 1. The van der Waals surface area contributed by atoms with Crippen molar-refractivity contribution in [2.75, 3.05) is 19.6 Å². The molecule has 0 spiro atoms. The first-order valence-corrected chi connectivity index (χ1v) is 7.34. The SMILES string of the molecule is CC(C)N(CC(F)F)C(=O)c1ccn(C2CCCNC2)n1. The number of hydrogen-bond donors (Lipinski definition) is 1. The van der Waals surface area contributed by atoms with E-state index < -0.39 is 18.9 Å². The standard InChI is InChI=1S/C14H22F2N4O/c1-10(2)19(9-13(15)16)14(21)12-5-7-20(18-12)11-4-3-6-17-8-11/h5,7,10-11,13,17H,3-4,6,8-9H2,1-2H3. The van der Waals surface area contributed by atoms with Gasteiger partial charge in [0.05, 0.1) is 12.6 Å². The van der Waals surface area contributed by atoms with Crippen molar-refractivity contribution in [1.29, 1.82) is 0 Å². The van der Waals surface area contributed by atoms with Crippen LogP contribution in [0, 0.1) is 0 Å². The van der Waals surface area contributed by atoms with E-state index in [1.165, 1.54) is 0 Å². The van der Waals surface area contributed by atoms with Crippen LogP contribution in [0.3, 0.4) is 0 Å². The van der Waals surface area contributed by atoms with E-state index in [1.807, 2.05) is 0 Å². The van der Waals surface area contributed by atoms with Crippen LogP contribution in [0.1, 0.15) is 43.2 Å². The molecular formula is C14H22F2N4O. The lowest BCUT2D eigenvalue weighted by atomic mass is 10.1. The molecule has 1 aliphatic rings. The van der Waals surface area contributed by atoms with Gasteiger partial charge in [0.2, 0.25) is 0 Å². The molecule has 2 rings (SSSR count). The summed E-state index contributed by atoms with van der Waals surface area (Å²) in [7, 11) is 0. The molecule has 1 unspecified atom stereocenters. The van der Waals surface area contributed by atoms with Crippen LogP contribution >= 0.6 is 0 Å². The van der Waals surface area contributed by atoms with Crippen molar-refractivity contribution in [3.05, 3.63) is 18.0 Å². The van der Waals surface area contributed by atoms with Crippen molar-refractivity contribution >= 4 is 5.91 Å². The number of rotatable bonds is 5. The topological polar surface area (TPSA) is 50.2 Å². The molecule has 1 atom stereocenters. The molecule has 0 saturated carbocycles. The van der Waals surface area contributed by atoms with Gasteiger partial charge >= 0.3 is 0 Å². The predicted octanol–water partition coefficient (Wildman–Crippen LogP) is 1.92. The smallest absolute Gasteiger partial charge is 0.274 e. The van der Waals surface area contributed by atoms with E-state index in [1.54, 1.807) is 30.8 Å². The Bertz CT molecular complexity index is 469. The van der Waals surface area contributed by atoms with Gasteiger partial charge in [0.1, 0.15) is 5.69 Å². The Hall–Kier alpha value is -1.50. The van der Waals surface area contributed by atoms with E-state index in [0.29, 0.717) is 0 Å². The molecule has 0 aromatic carbocycles. The average molecular weight is 300 g/mol. The zero-order chi connectivity index (χ0) is 15.4. The molecule has 7 heteroatoms. The van der Waals surface area contributed by atoms with Gasteiger partial charge in [-0.1, -0.05) is 0 Å². The summed E-state index contributed by atoms with van der Waals surface area (Å²) < 4.78 is 26.9. The van der Waals surface area contributed by atoms with Crippen LogP contribution < -0.4 is 5.32 Å². The van der Waals surface area contributed by atoms with E-state index in [4.69, 9.17) is 0 Å². The van der Waals surface area contributed by atoms with Gasteiger partial charge in [-0.25, -0.2) is 8.78 Å². The number of hydrogen-bond acceptors (Lipinski definition) is 3. The molecule has 1 amide bonds. The number of carbonyl (C=O) groups excluding carboxylic acids is 1. The highest BCUT2D eigenvalue weighted by Crippen LogP contribution is 2.17. The van der Waals surface area contributed by atoms with Crippen LogP contribution in [0.5, 0.6) is 0 Å². The van der Waals surface area contributed by atoms with Gasteiger partial charge in [-0.05, 0) is 39.3 Å². The monoisotopic (exact) mass is 300 g/mol. The summed E-state index contributed by atoms with van der Waals surface area (Å²) in [4.78, 5) is 13.5. The van der Waals surface area contributed by atoms with Crippen LogP contribution in [0.4, 0.5) is 8.78 Å². The minimum atomic E-state index is -2.54. The lowest BCUT2D eigenvalue weighted by molar-refractivity contribution is 0.0470. The average Bonchev–Trinajstić information content (AvgIpc) is 2.94. The summed E-state index contributed by atoms with van der Waals surface area (Å²) in [5.74, 6) is -0.437. The first-order chi connectivity index (χ1) is 9.99. The molecule has 0 radical (unpaired) electrons. The quantitative estimate of drug-likeness (QED) is 0.904. The van der Waals surface area contributed by atoms with Crippen LogP contribution in [0.2, 0.25) is 0 Å². The third-order valence-corrected chi connectivity index (χ3v) is 3.69. The largest absolute Gasteiger partial charge is 0.329 e. The van der Waals surface area contributed by atoms with Crippen LogP contribution in [0.15, 0.2) is 12.3 Å². The number of nitrogens with one attached hydrogen (secondary N) is 1. The molecule has 118 valence electrons. The van der Waals surface area contributed by atoms with Gasteiger partial charge in [0.25, 0.3) is 12.3 Å². The highest BCUT2D eigenvalue weighted by Gasteiger charge is 2.25. The molecule has 21 heavy (non-hydrogen) atoms. The summed E-state index contributed by atoms with van der Waals surface area (Å²) in [6.45, 7) is 4.71. The van der Waals surface area contributed by atoms with Crippen LogP contribution in [-0.2, 0) is 0 Å². The van der Waals surface area contributed by atoms with E-state index >= 15 is 0 Å². The van der Waals surface area contributed by atoms with Crippen molar-refractivity contribution in [3.63, 3.8) is 0 Å². The Labute approximate surface area is 123 Å². The fourth-order valence-corrected chi connectivity index (χ4v) is 2.54. The first-order valence-electron chi connectivity index (χ1n) is 7.34. The fourth-order valence-electron chi connectivity index (χ4n) is 2.54. The molecule has 1 aromatic rings. The lowest BCUT2D eigenvalue weighted by Crippen LogP contribution is -2.40. The van der Waals surface area contributed by atoms with Gasteiger partial charge in [-0.2, -0.15) is 5.10 Å². The van der Waals surface area contributed by atoms with Gasteiger partial charge in [-0.15, -0.1) is 0 Å². The lowest BCUT2D eigenvalue weighted by Gasteiger charge is -2.26. The van der Waals surface area contributed by atoms with Gasteiger partial charge < -0.3 is 10.2 Å². The van der Waals surface area contributed by atoms with Crippen molar-refractivity contribution in [3.8, 4) is 0 Å². The second-order valence-electron chi connectivity index (χ2n) is 5.62. The van der Waals surface area contributed by atoms with E-state index in [9.17, 15) is 13.6 Å². The summed E-state index contributed by atoms with van der Waals surface area (Å²) in [6.07, 6.45) is 1.29. The van der Waals surface area contributed by atoms with Crippen molar-refractivity contribution in [2.24, 2.45) is 0 Å². The zero-order valence-corrected chi connectivity index (χ0v) is 12.4. The molecule has 2 heterocycles. The Morgan fingerprint density at radius 3 is 2.90 bits per heavy atom. The van der Waals surface area contributed by atoms with Crippen LogP contribution in [-0.4, -0.2) is 52.7 Å². The minimum Gasteiger partial charge on any atom is -0.329 e. The molecule has 0 aliphatic carbocycles. The molecule has 0 bridgehead atoms. The minimum absolute atomic E-state index is 0.225. The molecular weight excluding hydrogens is 278 g/mol. The van der Waals surface area contributed by atoms with Crippen molar-refractivity contribution in [1.82, 2.24) is 20.0 Å². The molecule has 5 nitrogen and oxygen atoms in total. The highest BCUT2D eigenvalue weighted by molar-refractivity contribution is 5.92. The maximum Gasteiger partial charge on any atom is 0.274 e. The normalized spacial score (nSPS) is 19.2. The Kier molecular flexibility index (Phi) is 5.27. The molecule has 1 aromatic heterocycles. The number of piperidine rings is 1. The van der Waals surface area contributed by atoms with Crippen molar-refractivity contribution < 1.29 is 13.6 Å². The van der Waals surface area contributed by atoms with E-state index in [-0.39, 0.29) is 17.8 Å². The molecule has 1 aliphatic heterocycles. The molecule has 1 fully saturated rings. The second kappa shape index (κ2) is 6.98. The van der Waals surface area contributed by atoms with Gasteiger partial charge in [0, 0.05) is 18.8 Å². The number of alkyl halides is 2. The highest BCUT2D eigenvalue weighted by atomic mass is 19.3. The third kappa shape index (κ3) is 4.00. The maximum atomic E-state index is 12.6. The van der Waals surface area contributed by atoms with E-state index in [0.717, 1.165) is 30.8 Å². The summed E-state index contributed by atoms with van der Waals surface area (Å²) in [6, 6.07) is 1.55. The Balaban J connectivity index is 2.09. The first kappa shape index (κ1) is 15.9. The molecule has 1 saturated heterocycles.